The lowest BCUT2D eigenvalue weighted by Gasteiger charge is -2.01. The number of nitrogens with zero attached hydrogens (tertiary/aromatic N) is 2. The molecule has 2 aromatic rings. The van der Waals surface area contributed by atoms with Gasteiger partial charge in [-0.3, -0.25) is 9.98 Å². The first kappa shape index (κ1) is 11.3. The maximum Gasteiger partial charge on any atom is 0.127 e. The van der Waals surface area contributed by atoms with Gasteiger partial charge in [-0.05, 0) is 24.1 Å². The first-order chi connectivity index (χ1) is 8.36. The van der Waals surface area contributed by atoms with Gasteiger partial charge in [0.25, 0.3) is 0 Å². The molecule has 0 amide bonds. The number of pyridine rings is 1. The number of hydrogen-bond acceptors (Lipinski definition) is 2. The van der Waals surface area contributed by atoms with E-state index >= 15 is 0 Å². The van der Waals surface area contributed by atoms with Crippen LogP contribution in [0, 0.1) is 0 Å². The van der Waals surface area contributed by atoms with Crippen molar-refractivity contribution in [3.05, 3.63) is 66.0 Å². The zero-order chi connectivity index (χ0) is 11.9. The average molecular weight is 225 g/mol. The van der Waals surface area contributed by atoms with Crippen molar-refractivity contribution in [1.29, 1.82) is 0 Å². The molecule has 0 bridgehead atoms. The minimum absolute atomic E-state index is 0.550. The summed E-state index contributed by atoms with van der Waals surface area (Å²) in [5, 5.41) is 0. The lowest BCUT2D eigenvalue weighted by molar-refractivity contribution is 0.965. The number of hydrogen-bond donors (Lipinski definition) is 1. The summed E-state index contributed by atoms with van der Waals surface area (Å²) in [5.74, 6) is 0.550. The quantitative estimate of drug-likeness (QED) is 0.639. The number of amidine groups is 1. The second-order valence-corrected chi connectivity index (χ2v) is 3.74. The van der Waals surface area contributed by atoms with E-state index in [4.69, 9.17) is 5.73 Å². The summed E-state index contributed by atoms with van der Waals surface area (Å²) >= 11 is 0. The molecule has 1 aromatic carbocycles. The van der Waals surface area contributed by atoms with Crippen molar-refractivity contribution in [2.75, 3.05) is 6.54 Å². The molecule has 3 heteroatoms. The van der Waals surface area contributed by atoms with E-state index in [9.17, 15) is 0 Å². The second-order valence-electron chi connectivity index (χ2n) is 3.74. The van der Waals surface area contributed by atoms with Gasteiger partial charge in [0.2, 0.25) is 0 Å². The van der Waals surface area contributed by atoms with Crippen molar-refractivity contribution in [2.24, 2.45) is 10.7 Å². The molecule has 3 nitrogen and oxygen atoms in total. The van der Waals surface area contributed by atoms with Crippen molar-refractivity contribution in [2.45, 2.75) is 6.42 Å². The van der Waals surface area contributed by atoms with Gasteiger partial charge in [-0.15, -0.1) is 0 Å². The first-order valence-corrected chi connectivity index (χ1v) is 5.60. The highest BCUT2D eigenvalue weighted by molar-refractivity contribution is 5.97. The van der Waals surface area contributed by atoms with Crippen molar-refractivity contribution >= 4 is 5.84 Å². The number of rotatable bonds is 4. The van der Waals surface area contributed by atoms with E-state index < -0.39 is 0 Å². The van der Waals surface area contributed by atoms with E-state index in [2.05, 4.69) is 22.1 Å². The van der Waals surface area contributed by atoms with Crippen LogP contribution in [0.5, 0.6) is 0 Å². The molecular formula is C14H15N3. The Hall–Kier alpha value is -2.16. The average Bonchev–Trinajstić information content (AvgIpc) is 2.41. The molecule has 0 fully saturated rings. The van der Waals surface area contributed by atoms with Crippen LogP contribution in [-0.4, -0.2) is 17.4 Å². The van der Waals surface area contributed by atoms with Crippen LogP contribution in [0.4, 0.5) is 0 Å². The summed E-state index contributed by atoms with van der Waals surface area (Å²) in [5.41, 5.74) is 8.02. The molecule has 0 spiro atoms. The summed E-state index contributed by atoms with van der Waals surface area (Å²) in [4.78, 5) is 8.36. The molecule has 0 unspecified atom stereocenters. The summed E-state index contributed by atoms with van der Waals surface area (Å²) in [7, 11) is 0. The summed E-state index contributed by atoms with van der Waals surface area (Å²) in [6, 6.07) is 14.0. The standard InChI is InChI=1S/C14H15N3/c15-14(13-7-4-9-16-11-13)17-10-8-12-5-2-1-3-6-12/h1-7,9,11H,8,10H2,(H2,15,17). The minimum atomic E-state index is 0.550. The normalized spacial score (nSPS) is 11.4. The van der Waals surface area contributed by atoms with Crippen LogP contribution >= 0.6 is 0 Å². The van der Waals surface area contributed by atoms with Crippen LogP contribution < -0.4 is 5.73 Å². The zero-order valence-electron chi connectivity index (χ0n) is 9.58. The number of benzene rings is 1. The fourth-order valence-electron chi connectivity index (χ4n) is 1.56. The zero-order valence-corrected chi connectivity index (χ0v) is 9.58. The van der Waals surface area contributed by atoms with Gasteiger partial charge in [-0.1, -0.05) is 30.3 Å². The Morgan fingerprint density at radius 3 is 2.65 bits per heavy atom. The predicted molar refractivity (Wildman–Crippen MR) is 70.0 cm³/mol. The Kier molecular flexibility index (Phi) is 3.86. The number of aromatic nitrogens is 1. The van der Waals surface area contributed by atoms with Gasteiger partial charge in [0.1, 0.15) is 5.84 Å². The SMILES string of the molecule is NC(=NCCc1ccccc1)c1cccnc1. The summed E-state index contributed by atoms with van der Waals surface area (Å²) in [6.45, 7) is 0.699. The third-order valence-electron chi connectivity index (χ3n) is 2.48. The molecule has 0 aliphatic heterocycles. The van der Waals surface area contributed by atoms with E-state index in [-0.39, 0.29) is 0 Å². The van der Waals surface area contributed by atoms with Crippen molar-refractivity contribution < 1.29 is 0 Å². The third kappa shape index (κ3) is 3.41. The molecule has 86 valence electrons. The molecule has 0 radical (unpaired) electrons. The minimum Gasteiger partial charge on any atom is -0.383 e. The van der Waals surface area contributed by atoms with Gasteiger partial charge >= 0.3 is 0 Å². The van der Waals surface area contributed by atoms with Crippen LogP contribution in [0.3, 0.4) is 0 Å². The number of nitrogens with two attached hydrogens (primary N) is 1. The maximum absolute atomic E-state index is 5.87. The highest BCUT2D eigenvalue weighted by Crippen LogP contribution is 2.00. The van der Waals surface area contributed by atoms with E-state index in [1.165, 1.54) is 5.56 Å². The van der Waals surface area contributed by atoms with Crippen LogP contribution in [0.25, 0.3) is 0 Å². The van der Waals surface area contributed by atoms with Gasteiger partial charge in [-0.2, -0.15) is 0 Å². The van der Waals surface area contributed by atoms with Crippen LogP contribution in [0.1, 0.15) is 11.1 Å². The summed E-state index contributed by atoms with van der Waals surface area (Å²) < 4.78 is 0. The van der Waals surface area contributed by atoms with Crippen molar-refractivity contribution in [3.8, 4) is 0 Å². The van der Waals surface area contributed by atoms with Gasteiger partial charge in [-0.25, -0.2) is 0 Å². The highest BCUT2D eigenvalue weighted by atomic mass is 14.8. The molecule has 1 heterocycles. The molecule has 0 saturated carbocycles. The van der Waals surface area contributed by atoms with E-state index in [1.54, 1.807) is 12.4 Å². The molecule has 1 aromatic heterocycles. The van der Waals surface area contributed by atoms with Crippen molar-refractivity contribution in [3.63, 3.8) is 0 Å². The van der Waals surface area contributed by atoms with E-state index in [0.717, 1.165) is 12.0 Å². The predicted octanol–water partition coefficient (Wildman–Crippen LogP) is 2.03. The van der Waals surface area contributed by atoms with E-state index in [0.29, 0.717) is 12.4 Å². The molecule has 0 atom stereocenters. The lowest BCUT2D eigenvalue weighted by Crippen LogP contribution is -2.14. The van der Waals surface area contributed by atoms with Gasteiger partial charge in [0, 0.05) is 24.5 Å². The Balaban J connectivity index is 1.93. The molecular weight excluding hydrogens is 210 g/mol. The smallest absolute Gasteiger partial charge is 0.127 e. The fraction of sp³-hybridized carbons (Fsp3) is 0.143. The van der Waals surface area contributed by atoms with Crippen LogP contribution in [-0.2, 0) is 6.42 Å². The second kappa shape index (κ2) is 5.80. The topological polar surface area (TPSA) is 51.3 Å². The third-order valence-corrected chi connectivity index (χ3v) is 2.48. The van der Waals surface area contributed by atoms with Crippen LogP contribution in [0.2, 0.25) is 0 Å². The molecule has 2 rings (SSSR count). The van der Waals surface area contributed by atoms with Crippen molar-refractivity contribution in [1.82, 2.24) is 4.98 Å². The maximum atomic E-state index is 5.87. The van der Waals surface area contributed by atoms with Gasteiger partial charge in [0.05, 0.1) is 0 Å². The fourth-order valence-corrected chi connectivity index (χ4v) is 1.56. The largest absolute Gasteiger partial charge is 0.383 e. The summed E-state index contributed by atoms with van der Waals surface area (Å²) in [6.07, 6.45) is 4.35. The highest BCUT2D eigenvalue weighted by Gasteiger charge is 1.96. The molecule has 0 aliphatic carbocycles. The van der Waals surface area contributed by atoms with Crippen LogP contribution in [0.15, 0.2) is 59.9 Å². The molecule has 0 saturated heterocycles. The molecule has 0 aliphatic rings. The Bertz CT molecular complexity index is 477. The first-order valence-electron chi connectivity index (χ1n) is 5.60. The number of aliphatic imine (C=N–C) groups is 1. The van der Waals surface area contributed by atoms with Gasteiger partial charge < -0.3 is 5.73 Å². The Morgan fingerprint density at radius 2 is 1.94 bits per heavy atom. The van der Waals surface area contributed by atoms with E-state index in [1.807, 2.05) is 30.3 Å². The molecule has 2 N–H and O–H groups in total. The Morgan fingerprint density at radius 1 is 1.12 bits per heavy atom. The van der Waals surface area contributed by atoms with Gasteiger partial charge in [0.15, 0.2) is 0 Å². The lowest BCUT2D eigenvalue weighted by atomic mass is 10.1. The molecule has 17 heavy (non-hydrogen) atoms. The monoisotopic (exact) mass is 225 g/mol. The Labute approximate surface area is 101 Å².